The molecule has 0 fully saturated rings. The van der Waals surface area contributed by atoms with E-state index >= 15 is 0 Å². The number of carbonyl (C=O) groups is 2. The molecular formula is C21H21N3O7S. The van der Waals surface area contributed by atoms with Crippen LogP contribution in [0.15, 0.2) is 41.4 Å². The minimum Gasteiger partial charge on any atom is -0.490 e. The number of benzene rings is 2. The molecule has 2 aromatic carbocycles. The summed E-state index contributed by atoms with van der Waals surface area (Å²) in [6.07, 6.45) is 0. The van der Waals surface area contributed by atoms with Crippen molar-refractivity contribution < 1.29 is 28.7 Å². The number of esters is 1. The first-order valence-corrected chi connectivity index (χ1v) is 10.5. The summed E-state index contributed by atoms with van der Waals surface area (Å²) in [6.45, 7) is 4.30. The topological polar surface area (TPSA) is 122 Å². The van der Waals surface area contributed by atoms with Crippen LogP contribution >= 0.6 is 11.3 Å². The summed E-state index contributed by atoms with van der Waals surface area (Å²) in [5.41, 5.74) is 0.693. The average Bonchev–Trinajstić information content (AvgIpc) is 3.11. The van der Waals surface area contributed by atoms with Crippen molar-refractivity contribution >= 4 is 39.1 Å². The van der Waals surface area contributed by atoms with Gasteiger partial charge in [0.25, 0.3) is 11.6 Å². The van der Waals surface area contributed by atoms with Crippen LogP contribution in [0.1, 0.15) is 24.2 Å². The average molecular weight is 459 g/mol. The number of rotatable bonds is 8. The highest BCUT2D eigenvalue weighted by Crippen LogP contribution is 2.29. The Morgan fingerprint density at radius 1 is 1.09 bits per heavy atom. The number of hydrogen-bond donors (Lipinski definition) is 0. The van der Waals surface area contributed by atoms with E-state index in [2.05, 4.69) is 4.99 Å². The summed E-state index contributed by atoms with van der Waals surface area (Å²) in [4.78, 5) is 39.8. The molecule has 0 bridgehead atoms. The third-order valence-corrected chi connectivity index (χ3v) is 5.42. The van der Waals surface area contributed by atoms with Crippen molar-refractivity contribution in [2.75, 3.05) is 20.3 Å². The molecule has 1 amide bonds. The fourth-order valence-electron chi connectivity index (χ4n) is 2.94. The second-order valence-electron chi connectivity index (χ2n) is 6.40. The van der Waals surface area contributed by atoms with Gasteiger partial charge in [-0.3, -0.25) is 19.7 Å². The molecule has 0 atom stereocenters. The quantitative estimate of drug-likeness (QED) is 0.288. The SMILES string of the molecule is CCOc1ccc(C(=O)N=c2sc3cc([N+](=O)[O-])ccc3n2CC(=O)OC)cc1OCC. The molecule has 0 aliphatic rings. The molecule has 0 saturated heterocycles. The summed E-state index contributed by atoms with van der Waals surface area (Å²) in [7, 11) is 1.25. The van der Waals surface area contributed by atoms with Crippen LogP contribution in [0, 0.1) is 10.1 Å². The van der Waals surface area contributed by atoms with Crippen molar-refractivity contribution in [1.29, 1.82) is 0 Å². The van der Waals surface area contributed by atoms with Gasteiger partial charge in [0.15, 0.2) is 16.3 Å². The van der Waals surface area contributed by atoms with Crippen molar-refractivity contribution in [2.45, 2.75) is 20.4 Å². The van der Waals surface area contributed by atoms with Crippen molar-refractivity contribution in [3.63, 3.8) is 0 Å². The van der Waals surface area contributed by atoms with Crippen LogP contribution < -0.4 is 14.3 Å². The van der Waals surface area contributed by atoms with Crippen LogP contribution in [0.25, 0.3) is 10.2 Å². The number of nitrogens with zero attached hydrogens (tertiary/aromatic N) is 3. The van der Waals surface area contributed by atoms with Crippen LogP contribution in [-0.2, 0) is 16.1 Å². The van der Waals surface area contributed by atoms with Crippen LogP contribution in [0.4, 0.5) is 5.69 Å². The van der Waals surface area contributed by atoms with Gasteiger partial charge >= 0.3 is 5.97 Å². The predicted molar refractivity (Wildman–Crippen MR) is 117 cm³/mol. The maximum absolute atomic E-state index is 12.9. The Kier molecular flexibility index (Phi) is 7.21. The zero-order chi connectivity index (χ0) is 23.3. The molecule has 0 aliphatic heterocycles. The Bertz CT molecular complexity index is 1250. The Morgan fingerprint density at radius 2 is 1.81 bits per heavy atom. The lowest BCUT2D eigenvalue weighted by Gasteiger charge is -2.11. The van der Waals surface area contributed by atoms with Crippen LogP contribution in [0.5, 0.6) is 11.5 Å². The zero-order valence-corrected chi connectivity index (χ0v) is 18.5. The number of amides is 1. The van der Waals surface area contributed by atoms with Crippen molar-refractivity contribution in [3.8, 4) is 11.5 Å². The number of ether oxygens (including phenoxy) is 3. The predicted octanol–water partition coefficient (Wildman–Crippen LogP) is 3.32. The Balaban J connectivity index is 2.10. The second-order valence-corrected chi connectivity index (χ2v) is 7.41. The Morgan fingerprint density at radius 3 is 2.47 bits per heavy atom. The smallest absolute Gasteiger partial charge is 0.325 e. The zero-order valence-electron chi connectivity index (χ0n) is 17.7. The lowest BCUT2D eigenvalue weighted by Crippen LogP contribution is -2.22. The molecule has 1 aromatic heterocycles. The molecule has 10 nitrogen and oxygen atoms in total. The maximum atomic E-state index is 12.9. The van der Waals surface area contributed by atoms with Gasteiger partial charge in [-0.15, -0.1) is 0 Å². The molecule has 0 aliphatic carbocycles. The van der Waals surface area contributed by atoms with E-state index in [1.54, 1.807) is 18.2 Å². The molecule has 168 valence electrons. The molecule has 0 spiro atoms. The van der Waals surface area contributed by atoms with E-state index in [4.69, 9.17) is 14.2 Å². The fraction of sp³-hybridized carbons (Fsp3) is 0.286. The highest BCUT2D eigenvalue weighted by molar-refractivity contribution is 7.16. The minimum absolute atomic E-state index is 0.102. The number of non-ortho nitro benzene ring substituents is 1. The number of aromatic nitrogens is 1. The molecule has 11 heteroatoms. The lowest BCUT2D eigenvalue weighted by molar-refractivity contribution is -0.384. The number of nitro groups is 1. The Hall–Kier alpha value is -3.73. The van der Waals surface area contributed by atoms with E-state index in [-0.39, 0.29) is 22.6 Å². The summed E-state index contributed by atoms with van der Waals surface area (Å²) >= 11 is 1.06. The summed E-state index contributed by atoms with van der Waals surface area (Å²) in [6, 6.07) is 8.97. The molecule has 0 unspecified atom stereocenters. The normalized spacial score (nSPS) is 11.4. The first kappa shape index (κ1) is 22.9. The highest BCUT2D eigenvalue weighted by atomic mass is 32.1. The van der Waals surface area contributed by atoms with Crippen LogP contribution in [-0.4, -0.2) is 41.7 Å². The molecule has 1 heterocycles. The Labute approximate surface area is 186 Å². The number of methoxy groups -OCH3 is 1. The number of thiazole rings is 1. The number of hydrogen-bond acceptors (Lipinski definition) is 8. The second kappa shape index (κ2) is 10.1. The maximum Gasteiger partial charge on any atom is 0.325 e. The largest absolute Gasteiger partial charge is 0.490 e. The van der Waals surface area contributed by atoms with Gasteiger partial charge in [0, 0.05) is 17.7 Å². The summed E-state index contributed by atoms with van der Waals surface area (Å²) in [5.74, 6) is -0.170. The van der Waals surface area contributed by atoms with Gasteiger partial charge in [-0.25, -0.2) is 0 Å². The molecular weight excluding hydrogens is 438 g/mol. The standard InChI is InChI=1S/C21H21N3O7S/c1-4-30-16-9-6-13(10-17(16)31-5-2)20(26)22-21-23(12-19(25)29-3)15-8-7-14(24(27)28)11-18(15)32-21/h6-11H,4-5,12H2,1-3H3. The highest BCUT2D eigenvalue weighted by Gasteiger charge is 2.16. The van der Waals surface area contributed by atoms with Gasteiger partial charge in [-0.2, -0.15) is 4.99 Å². The molecule has 0 N–H and O–H groups in total. The van der Waals surface area contributed by atoms with Crippen molar-refractivity contribution in [3.05, 3.63) is 56.9 Å². The molecule has 0 radical (unpaired) electrons. The first-order chi connectivity index (χ1) is 15.4. The number of nitro benzene ring substituents is 1. The van der Waals surface area contributed by atoms with Gasteiger partial charge < -0.3 is 18.8 Å². The van der Waals surface area contributed by atoms with Gasteiger partial charge in [0.1, 0.15) is 6.54 Å². The summed E-state index contributed by atoms with van der Waals surface area (Å²) < 4.78 is 17.8. The fourth-order valence-corrected chi connectivity index (χ4v) is 4.00. The van der Waals surface area contributed by atoms with E-state index in [9.17, 15) is 19.7 Å². The monoisotopic (exact) mass is 459 g/mol. The van der Waals surface area contributed by atoms with E-state index in [0.717, 1.165) is 11.3 Å². The van der Waals surface area contributed by atoms with Crippen molar-refractivity contribution in [2.24, 2.45) is 4.99 Å². The van der Waals surface area contributed by atoms with Gasteiger partial charge in [-0.1, -0.05) is 11.3 Å². The van der Waals surface area contributed by atoms with E-state index in [1.165, 1.54) is 29.9 Å². The van der Waals surface area contributed by atoms with E-state index < -0.39 is 16.8 Å². The molecule has 0 saturated carbocycles. The number of fused-ring (bicyclic) bond motifs is 1. The summed E-state index contributed by atoms with van der Waals surface area (Å²) in [5, 5.41) is 11.1. The van der Waals surface area contributed by atoms with E-state index in [1.807, 2.05) is 13.8 Å². The molecule has 3 aromatic rings. The van der Waals surface area contributed by atoms with Gasteiger partial charge in [0.05, 0.1) is 35.5 Å². The lowest BCUT2D eigenvalue weighted by atomic mass is 10.2. The van der Waals surface area contributed by atoms with Gasteiger partial charge in [-0.05, 0) is 38.1 Å². The first-order valence-electron chi connectivity index (χ1n) is 9.71. The molecule has 3 rings (SSSR count). The third-order valence-electron chi connectivity index (χ3n) is 4.38. The van der Waals surface area contributed by atoms with Crippen molar-refractivity contribution in [1.82, 2.24) is 4.57 Å². The van der Waals surface area contributed by atoms with E-state index in [0.29, 0.717) is 34.9 Å². The van der Waals surface area contributed by atoms with Crippen LogP contribution in [0.2, 0.25) is 0 Å². The van der Waals surface area contributed by atoms with Crippen LogP contribution in [0.3, 0.4) is 0 Å². The third kappa shape index (κ3) is 4.94. The minimum atomic E-state index is -0.561. The molecule has 32 heavy (non-hydrogen) atoms. The number of carbonyl (C=O) groups excluding carboxylic acids is 2. The van der Waals surface area contributed by atoms with Gasteiger partial charge in [0.2, 0.25) is 0 Å².